The van der Waals surface area contributed by atoms with Crippen LogP contribution in [0, 0.1) is 6.92 Å². The van der Waals surface area contributed by atoms with Crippen molar-refractivity contribution >= 4 is 17.2 Å². The smallest absolute Gasteiger partial charge is 0.356 e. The molecule has 1 fully saturated rings. The summed E-state index contributed by atoms with van der Waals surface area (Å²) in [7, 11) is 0. The fourth-order valence-corrected chi connectivity index (χ4v) is 3.31. The molecule has 3 rings (SSSR count). The van der Waals surface area contributed by atoms with Crippen molar-refractivity contribution in [1.82, 2.24) is 9.97 Å². The summed E-state index contributed by atoms with van der Waals surface area (Å²) < 4.78 is 39.1. The predicted octanol–water partition coefficient (Wildman–Crippen LogP) is 4.13. The van der Waals surface area contributed by atoms with Crippen LogP contribution in [0.25, 0.3) is 10.6 Å². The first kappa shape index (κ1) is 14.3. The van der Waals surface area contributed by atoms with Crippen molar-refractivity contribution in [3.8, 4) is 10.6 Å². The Morgan fingerprint density at radius 3 is 2.48 bits per heavy atom. The molecule has 0 amide bonds. The van der Waals surface area contributed by atoms with E-state index in [9.17, 15) is 13.2 Å². The molecule has 3 heterocycles. The van der Waals surface area contributed by atoms with Gasteiger partial charge in [0.2, 0.25) is 5.82 Å². The highest BCUT2D eigenvalue weighted by Gasteiger charge is 2.36. The number of hydrogen-bond donors (Lipinski definition) is 0. The molecule has 0 saturated carbocycles. The average molecular weight is 313 g/mol. The molecule has 0 radical (unpaired) electrons. The number of alkyl halides is 3. The maximum Gasteiger partial charge on any atom is 0.451 e. The van der Waals surface area contributed by atoms with Crippen LogP contribution in [-0.2, 0) is 6.18 Å². The summed E-state index contributed by atoms with van der Waals surface area (Å²) in [6.07, 6.45) is -2.56. The molecule has 7 heteroatoms. The van der Waals surface area contributed by atoms with E-state index in [1.54, 1.807) is 6.07 Å². The molecule has 1 aliphatic heterocycles. The third-order valence-corrected chi connectivity index (χ3v) is 4.53. The normalized spacial score (nSPS) is 15.7. The van der Waals surface area contributed by atoms with E-state index < -0.39 is 12.0 Å². The van der Waals surface area contributed by atoms with Crippen LogP contribution in [0.1, 0.15) is 24.2 Å². The highest BCUT2D eigenvalue weighted by Crippen LogP contribution is 2.34. The van der Waals surface area contributed by atoms with Gasteiger partial charge in [0.1, 0.15) is 5.82 Å². The van der Waals surface area contributed by atoms with Gasteiger partial charge in [0.15, 0.2) is 0 Å². The molecule has 0 N–H and O–H groups in total. The second-order valence-electron chi connectivity index (χ2n) is 5.06. The topological polar surface area (TPSA) is 29.0 Å². The fraction of sp³-hybridized carbons (Fsp3) is 0.429. The Hall–Kier alpha value is -1.63. The quantitative estimate of drug-likeness (QED) is 0.834. The van der Waals surface area contributed by atoms with Crippen molar-refractivity contribution < 1.29 is 13.2 Å². The lowest BCUT2D eigenvalue weighted by molar-refractivity contribution is -0.144. The minimum Gasteiger partial charge on any atom is -0.356 e. The van der Waals surface area contributed by atoms with Crippen LogP contribution >= 0.6 is 11.3 Å². The Morgan fingerprint density at radius 1 is 1.19 bits per heavy atom. The van der Waals surface area contributed by atoms with Crippen LogP contribution in [0.3, 0.4) is 0 Å². The lowest BCUT2D eigenvalue weighted by Gasteiger charge is -2.18. The third kappa shape index (κ3) is 2.88. The van der Waals surface area contributed by atoms with Crippen LogP contribution in [0.15, 0.2) is 17.5 Å². The summed E-state index contributed by atoms with van der Waals surface area (Å²) in [5.74, 6) is -0.688. The number of aromatic nitrogens is 2. The van der Waals surface area contributed by atoms with Gasteiger partial charge >= 0.3 is 6.18 Å². The first-order valence-corrected chi connectivity index (χ1v) is 7.59. The van der Waals surface area contributed by atoms with Gasteiger partial charge in [0, 0.05) is 19.2 Å². The van der Waals surface area contributed by atoms with Crippen molar-refractivity contribution in [2.75, 3.05) is 18.0 Å². The van der Waals surface area contributed by atoms with E-state index in [-0.39, 0.29) is 0 Å². The number of rotatable bonds is 2. The molecule has 0 bridgehead atoms. The lowest BCUT2D eigenvalue weighted by Crippen LogP contribution is -2.22. The number of aryl methyl sites for hydroxylation is 1. The van der Waals surface area contributed by atoms with Gasteiger partial charge in [-0.05, 0) is 36.8 Å². The zero-order valence-electron chi connectivity index (χ0n) is 11.4. The lowest BCUT2D eigenvalue weighted by atomic mass is 10.2. The molecule has 0 aliphatic carbocycles. The molecule has 2 aromatic heterocycles. The number of anilines is 1. The van der Waals surface area contributed by atoms with Gasteiger partial charge in [-0.1, -0.05) is 0 Å². The maximum absolute atomic E-state index is 13.0. The molecular weight excluding hydrogens is 299 g/mol. The van der Waals surface area contributed by atoms with E-state index in [0.717, 1.165) is 36.4 Å². The highest BCUT2D eigenvalue weighted by molar-refractivity contribution is 7.13. The van der Waals surface area contributed by atoms with E-state index in [1.807, 2.05) is 23.3 Å². The van der Waals surface area contributed by atoms with Crippen LogP contribution in [0.5, 0.6) is 0 Å². The third-order valence-electron chi connectivity index (χ3n) is 3.49. The Kier molecular flexibility index (Phi) is 3.61. The summed E-state index contributed by atoms with van der Waals surface area (Å²) >= 11 is 1.40. The van der Waals surface area contributed by atoms with Gasteiger partial charge in [-0.15, -0.1) is 11.3 Å². The van der Waals surface area contributed by atoms with Crippen LogP contribution in [0.2, 0.25) is 0 Å². The molecule has 0 unspecified atom stereocenters. The van der Waals surface area contributed by atoms with E-state index in [2.05, 4.69) is 9.97 Å². The SMILES string of the molecule is Cc1ccsc1-c1cc(N2CCCC2)nc(C(F)(F)F)n1. The van der Waals surface area contributed by atoms with Gasteiger partial charge < -0.3 is 4.90 Å². The van der Waals surface area contributed by atoms with Crippen molar-refractivity contribution in [2.24, 2.45) is 0 Å². The zero-order valence-corrected chi connectivity index (χ0v) is 12.3. The second-order valence-corrected chi connectivity index (χ2v) is 5.98. The van der Waals surface area contributed by atoms with Gasteiger partial charge in [-0.3, -0.25) is 0 Å². The van der Waals surface area contributed by atoms with E-state index in [4.69, 9.17) is 0 Å². The van der Waals surface area contributed by atoms with Gasteiger partial charge in [0.05, 0.1) is 10.6 Å². The minimum absolute atomic E-state index is 0.353. The number of nitrogens with zero attached hydrogens (tertiary/aromatic N) is 3. The Morgan fingerprint density at radius 2 is 1.90 bits per heavy atom. The zero-order chi connectivity index (χ0) is 15.0. The number of hydrogen-bond acceptors (Lipinski definition) is 4. The Labute approximate surface area is 124 Å². The van der Waals surface area contributed by atoms with E-state index in [1.165, 1.54) is 11.3 Å². The molecule has 2 aromatic rings. The van der Waals surface area contributed by atoms with Crippen LogP contribution in [0.4, 0.5) is 19.0 Å². The van der Waals surface area contributed by atoms with Crippen molar-refractivity contribution in [2.45, 2.75) is 25.9 Å². The van der Waals surface area contributed by atoms with E-state index >= 15 is 0 Å². The minimum atomic E-state index is -4.53. The molecule has 112 valence electrons. The van der Waals surface area contributed by atoms with Crippen LogP contribution < -0.4 is 4.90 Å². The van der Waals surface area contributed by atoms with Crippen molar-refractivity contribution in [3.63, 3.8) is 0 Å². The molecular formula is C14H14F3N3S. The highest BCUT2D eigenvalue weighted by atomic mass is 32.1. The molecule has 3 nitrogen and oxygen atoms in total. The van der Waals surface area contributed by atoms with Crippen molar-refractivity contribution in [1.29, 1.82) is 0 Å². The molecule has 1 saturated heterocycles. The Bertz CT molecular complexity index is 645. The van der Waals surface area contributed by atoms with E-state index in [0.29, 0.717) is 11.5 Å². The summed E-state index contributed by atoms with van der Waals surface area (Å²) in [5, 5.41) is 1.86. The fourth-order valence-electron chi connectivity index (χ4n) is 2.42. The van der Waals surface area contributed by atoms with Crippen molar-refractivity contribution in [3.05, 3.63) is 28.9 Å². The van der Waals surface area contributed by atoms with Gasteiger partial charge in [0.25, 0.3) is 0 Å². The summed E-state index contributed by atoms with van der Waals surface area (Å²) in [4.78, 5) is 10.1. The predicted molar refractivity (Wildman–Crippen MR) is 76.5 cm³/mol. The molecule has 0 atom stereocenters. The standard InChI is InChI=1S/C14H14F3N3S/c1-9-4-7-21-12(9)10-8-11(20-5-2-3-6-20)19-13(18-10)14(15,16)17/h4,7-8H,2-3,5-6H2,1H3. The molecule has 21 heavy (non-hydrogen) atoms. The summed E-state index contributed by atoms with van der Waals surface area (Å²) in [6, 6.07) is 3.55. The molecule has 0 spiro atoms. The second kappa shape index (κ2) is 5.29. The van der Waals surface area contributed by atoms with Crippen LogP contribution in [-0.4, -0.2) is 23.1 Å². The van der Waals surface area contributed by atoms with Gasteiger partial charge in [-0.2, -0.15) is 13.2 Å². The number of halogens is 3. The molecule has 0 aromatic carbocycles. The molecule has 1 aliphatic rings. The first-order chi connectivity index (χ1) is 9.95. The summed E-state index contributed by atoms with van der Waals surface area (Å²) in [6.45, 7) is 3.37. The maximum atomic E-state index is 13.0. The average Bonchev–Trinajstić information content (AvgIpc) is 3.08. The van der Waals surface area contributed by atoms with Gasteiger partial charge in [-0.25, -0.2) is 9.97 Å². The number of thiophene rings is 1. The first-order valence-electron chi connectivity index (χ1n) is 6.71. The largest absolute Gasteiger partial charge is 0.451 e. The Balaban J connectivity index is 2.11. The summed E-state index contributed by atoms with van der Waals surface area (Å²) in [5.41, 5.74) is 1.28. The monoisotopic (exact) mass is 313 g/mol.